The standard InChI is InChI=1S/C9H16N4O/c1-3-5-8-7(6-9(10)14)11-12-13(8)4-2/h3-6H2,1-2H3,(H2,10,14). The molecule has 0 bridgehead atoms. The lowest BCUT2D eigenvalue weighted by Gasteiger charge is -2.02. The molecule has 0 aliphatic carbocycles. The van der Waals surface area contributed by atoms with Gasteiger partial charge >= 0.3 is 0 Å². The Hall–Kier alpha value is -1.39. The molecule has 0 saturated heterocycles. The molecule has 0 aliphatic heterocycles. The van der Waals surface area contributed by atoms with Crippen molar-refractivity contribution < 1.29 is 4.79 Å². The van der Waals surface area contributed by atoms with E-state index >= 15 is 0 Å². The van der Waals surface area contributed by atoms with Gasteiger partial charge in [0, 0.05) is 6.54 Å². The minimum Gasteiger partial charge on any atom is -0.369 e. The second-order valence-electron chi connectivity index (χ2n) is 3.19. The Kier molecular flexibility index (Phi) is 3.62. The van der Waals surface area contributed by atoms with Crippen molar-refractivity contribution in [2.75, 3.05) is 0 Å². The average Bonchev–Trinajstić information content (AvgIpc) is 2.48. The van der Waals surface area contributed by atoms with Gasteiger partial charge in [-0.2, -0.15) is 0 Å². The highest BCUT2D eigenvalue weighted by atomic mass is 16.1. The van der Waals surface area contributed by atoms with Crippen LogP contribution in [0.4, 0.5) is 0 Å². The van der Waals surface area contributed by atoms with Gasteiger partial charge in [0.2, 0.25) is 5.91 Å². The van der Waals surface area contributed by atoms with E-state index < -0.39 is 0 Å². The lowest BCUT2D eigenvalue weighted by atomic mass is 10.1. The van der Waals surface area contributed by atoms with Gasteiger partial charge in [0.25, 0.3) is 0 Å². The summed E-state index contributed by atoms with van der Waals surface area (Å²) in [7, 11) is 0. The molecule has 0 aliphatic rings. The maximum atomic E-state index is 10.8. The number of primary amides is 1. The van der Waals surface area contributed by atoms with Gasteiger partial charge in [-0.05, 0) is 13.3 Å². The normalized spacial score (nSPS) is 10.4. The molecule has 1 amide bonds. The fourth-order valence-electron chi connectivity index (χ4n) is 1.44. The smallest absolute Gasteiger partial charge is 0.223 e. The molecule has 78 valence electrons. The van der Waals surface area contributed by atoms with Crippen molar-refractivity contribution in [1.82, 2.24) is 15.0 Å². The summed E-state index contributed by atoms with van der Waals surface area (Å²) < 4.78 is 1.82. The van der Waals surface area contributed by atoms with E-state index in [1.54, 1.807) is 0 Å². The Morgan fingerprint density at radius 3 is 2.71 bits per heavy atom. The summed E-state index contributed by atoms with van der Waals surface area (Å²) in [4.78, 5) is 10.8. The van der Waals surface area contributed by atoms with Crippen LogP contribution >= 0.6 is 0 Å². The van der Waals surface area contributed by atoms with Gasteiger partial charge in [-0.3, -0.25) is 4.79 Å². The molecule has 0 fully saturated rings. The largest absolute Gasteiger partial charge is 0.369 e. The summed E-state index contributed by atoms with van der Waals surface area (Å²) in [5, 5.41) is 7.92. The van der Waals surface area contributed by atoms with E-state index in [-0.39, 0.29) is 12.3 Å². The predicted molar refractivity (Wildman–Crippen MR) is 52.6 cm³/mol. The van der Waals surface area contributed by atoms with E-state index in [0.29, 0.717) is 0 Å². The fraction of sp³-hybridized carbons (Fsp3) is 0.667. The SMILES string of the molecule is CCCc1c(CC(N)=O)nnn1CC. The Labute approximate surface area is 83.3 Å². The van der Waals surface area contributed by atoms with Crippen LogP contribution in [0.5, 0.6) is 0 Å². The maximum absolute atomic E-state index is 10.8. The topological polar surface area (TPSA) is 73.8 Å². The average molecular weight is 196 g/mol. The van der Waals surface area contributed by atoms with Gasteiger partial charge in [0.15, 0.2) is 0 Å². The van der Waals surface area contributed by atoms with Crippen molar-refractivity contribution in [2.45, 2.75) is 39.7 Å². The van der Waals surface area contributed by atoms with Gasteiger partial charge in [-0.1, -0.05) is 18.6 Å². The maximum Gasteiger partial charge on any atom is 0.223 e. The van der Waals surface area contributed by atoms with Crippen LogP contribution in [0, 0.1) is 0 Å². The van der Waals surface area contributed by atoms with E-state index in [1.165, 1.54) is 0 Å². The lowest BCUT2D eigenvalue weighted by Crippen LogP contribution is -2.15. The van der Waals surface area contributed by atoms with Crippen molar-refractivity contribution in [1.29, 1.82) is 0 Å². The number of hydrogen-bond donors (Lipinski definition) is 1. The van der Waals surface area contributed by atoms with Crippen LogP contribution in [0.15, 0.2) is 0 Å². The second kappa shape index (κ2) is 4.74. The van der Waals surface area contributed by atoms with Gasteiger partial charge in [0.05, 0.1) is 17.8 Å². The first-order chi connectivity index (χ1) is 6.69. The van der Waals surface area contributed by atoms with Crippen LogP contribution in [0.1, 0.15) is 31.7 Å². The quantitative estimate of drug-likeness (QED) is 0.735. The molecule has 0 spiro atoms. The van der Waals surface area contributed by atoms with E-state index in [4.69, 9.17) is 5.73 Å². The first-order valence-electron chi connectivity index (χ1n) is 4.88. The molecule has 1 aromatic heterocycles. The van der Waals surface area contributed by atoms with Crippen molar-refractivity contribution in [3.8, 4) is 0 Å². The van der Waals surface area contributed by atoms with Crippen LogP contribution in [-0.4, -0.2) is 20.9 Å². The first-order valence-corrected chi connectivity index (χ1v) is 4.88. The van der Waals surface area contributed by atoms with E-state index in [2.05, 4.69) is 17.2 Å². The third-order valence-corrected chi connectivity index (χ3v) is 2.05. The van der Waals surface area contributed by atoms with E-state index in [0.717, 1.165) is 30.8 Å². The summed E-state index contributed by atoms with van der Waals surface area (Å²) in [6.07, 6.45) is 2.10. The van der Waals surface area contributed by atoms with Crippen molar-refractivity contribution in [2.24, 2.45) is 5.73 Å². The molecule has 0 unspecified atom stereocenters. The molecule has 1 rings (SSSR count). The molecule has 0 saturated carbocycles. The Morgan fingerprint density at radius 2 is 2.21 bits per heavy atom. The molecular weight excluding hydrogens is 180 g/mol. The molecular formula is C9H16N4O. The third-order valence-electron chi connectivity index (χ3n) is 2.05. The highest BCUT2D eigenvalue weighted by Gasteiger charge is 2.12. The number of aryl methyl sites for hydroxylation is 1. The number of amides is 1. The molecule has 1 heterocycles. The van der Waals surface area contributed by atoms with Crippen molar-refractivity contribution in [3.63, 3.8) is 0 Å². The fourth-order valence-corrected chi connectivity index (χ4v) is 1.44. The van der Waals surface area contributed by atoms with Crippen LogP contribution in [-0.2, 0) is 24.2 Å². The molecule has 5 nitrogen and oxygen atoms in total. The van der Waals surface area contributed by atoms with Crippen molar-refractivity contribution in [3.05, 3.63) is 11.4 Å². The second-order valence-corrected chi connectivity index (χ2v) is 3.19. The van der Waals surface area contributed by atoms with E-state index in [9.17, 15) is 4.79 Å². The van der Waals surface area contributed by atoms with E-state index in [1.807, 2.05) is 11.6 Å². The lowest BCUT2D eigenvalue weighted by molar-refractivity contribution is -0.117. The number of carbonyl (C=O) groups excluding carboxylic acids is 1. The summed E-state index contributed by atoms with van der Waals surface area (Å²) in [5.74, 6) is -0.356. The van der Waals surface area contributed by atoms with Gasteiger partial charge < -0.3 is 5.73 Å². The number of hydrogen-bond acceptors (Lipinski definition) is 3. The molecule has 0 aromatic carbocycles. The molecule has 0 atom stereocenters. The number of rotatable bonds is 5. The monoisotopic (exact) mass is 196 g/mol. The number of nitrogens with two attached hydrogens (primary N) is 1. The summed E-state index contributed by atoms with van der Waals surface area (Å²) >= 11 is 0. The molecule has 1 aromatic rings. The summed E-state index contributed by atoms with van der Waals surface area (Å²) in [5.41, 5.74) is 6.88. The zero-order valence-electron chi connectivity index (χ0n) is 8.66. The minimum atomic E-state index is -0.356. The predicted octanol–water partition coefficient (Wildman–Crippen LogP) is 0.278. The third kappa shape index (κ3) is 2.31. The number of aromatic nitrogens is 3. The highest BCUT2D eigenvalue weighted by Crippen LogP contribution is 2.08. The zero-order chi connectivity index (χ0) is 10.6. The highest BCUT2D eigenvalue weighted by molar-refractivity contribution is 5.76. The molecule has 2 N–H and O–H groups in total. The van der Waals surface area contributed by atoms with Gasteiger partial charge in [0.1, 0.15) is 0 Å². The molecule has 5 heteroatoms. The van der Waals surface area contributed by atoms with Gasteiger partial charge in [-0.25, -0.2) is 4.68 Å². The van der Waals surface area contributed by atoms with Gasteiger partial charge in [-0.15, -0.1) is 5.10 Å². The Bertz CT molecular complexity index is 319. The Balaban J connectivity index is 2.91. The minimum absolute atomic E-state index is 0.190. The molecule has 0 radical (unpaired) electrons. The van der Waals surface area contributed by atoms with Crippen LogP contribution < -0.4 is 5.73 Å². The molecule has 14 heavy (non-hydrogen) atoms. The van der Waals surface area contributed by atoms with Crippen LogP contribution in [0.25, 0.3) is 0 Å². The summed E-state index contributed by atoms with van der Waals surface area (Å²) in [6, 6.07) is 0. The van der Waals surface area contributed by atoms with Crippen LogP contribution in [0.3, 0.4) is 0 Å². The zero-order valence-corrected chi connectivity index (χ0v) is 8.66. The number of nitrogens with zero attached hydrogens (tertiary/aromatic N) is 3. The first kappa shape index (κ1) is 10.7. The van der Waals surface area contributed by atoms with Crippen molar-refractivity contribution >= 4 is 5.91 Å². The number of carbonyl (C=O) groups is 1. The summed E-state index contributed by atoms with van der Waals surface area (Å²) in [6.45, 7) is 4.87. The Morgan fingerprint density at radius 1 is 1.50 bits per heavy atom. The van der Waals surface area contributed by atoms with Crippen LogP contribution in [0.2, 0.25) is 0 Å².